The van der Waals surface area contributed by atoms with Gasteiger partial charge in [0, 0.05) is 25.1 Å². The maximum atomic E-state index is 11.9. The van der Waals surface area contributed by atoms with Crippen molar-refractivity contribution in [1.82, 2.24) is 14.5 Å². The minimum Gasteiger partial charge on any atom is -0.346 e. The summed E-state index contributed by atoms with van der Waals surface area (Å²) in [6.45, 7) is 2.20. The predicted octanol–water partition coefficient (Wildman–Crippen LogP) is -0.377. The molecule has 2 aromatic heterocycles. The van der Waals surface area contributed by atoms with Crippen LogP contribution in [0.1, 0.15) is 18.9 Å². The van der Waals surface area contributed by atoms with Gasteiger partial charge in [0.25, 0.3) is 0 Å². The highest BCUT2D eigenvalue weighted by Gasteiger charge is 2.21. The highest BCUT2D eigenvalue weighted by Crippen LogP contribution is 2.19. The quantitative estimate of drug-likeness (QED) is 0.686. The van der Waals surface area contributed by atoms with E-state index in [0.717, 1.165) is 31.4 Å². The lowest BCUT2D eigenvalue weighted by molar-refractivity contribution is -0.664. The van der Waals surface area contributed by atoms with Crippen molar-refractivity contribution in [2.24, 2.45) is 0 Å². The molecule has 0 radical (unpaired) electrons. The van der Waals surface area contributed by atoms with Crippen molar-refractivity contribution in [2.75, 3.05) is 13.1 Å². The number of quaternary nitrogens is 1. The molecular formula is C11H15N4O+. The van der Waals surface area contributed by atoms with Crippen LogP contribution in [-0.4, -0.2) is 27.6 Å². The highest BCUT2D eigenvalue weighted by atomic mass is 16.1. The molecule has 0 aromatic carbocycles. The van der Waals surface area contributed by atoms with E-state index in [2.05, 4.69) is 15.3 Å². The lowest BCUT2D eigenvalue weighted by atomic mass is 10.1. The Balaban J connectivity index is 2.14. The predicted molar refractivity (Wildman–Crippen MR) is 60.3 cm³/mol. The Morgan fingerprint density at radius 3 is 3.06 bits per heavy atom. The number of fused-ring (bicyclic) bond motifs is 1. The molecule has 0 atom stereocenters. The van der Waals surface area contributed by atoms with E-state index in [0.29, 0.717) is 11.7 Å². The topological polar surface area (TPSA) is 67.3 Å². The first kappa shape index (κ1) is 9.59. The highest BCUT2D eigenvalue weighted by molar-refractivity contribution is 5.70. The molecule has 0 saturated carbocycles. The summed E-state index contributed by atoms with van der Waals surface area (Å²) >= 11 is 0. The van der Waals surface area contributed by atoms with E-state index in [4.69, 9.17) is 0 Å². The van der Waals surface area contributed by atoms with Crippen molar-refractivity contribution >= 4 is 11.2 Å². The van der Waals surface area contributed by atoms with Gasteiger partial charge in [0.2, 0.25) is 0 Å². The van der Waals surface area contributed by atoms with E-state index in [1.807, 2.05) is 16.7 Å². The van der Waals surface area contributed by atoms with Gasteiger partial charge in [-0.15, -0.1) is 0 Å². The zero-order chi connectivity index (χ0) is 11.0. The van der Waals surface area contributed by atoms with Crippen LogP contribution in [0, 0.1) is 0 Å². The maximum Gasteiger partial charge on any atom is 0.327 e. The molecule has 0 amide bonds. The summed E-state index contributed by atoms with van der Waals surface area (Å²) in [4.78, 5) is 18.9. The summed E-state index contributed by atoms with van der Waals surface area (Å²) in [7, 11) is 0. The normalized spacial score (nSPS) is 18.0. The van der Waals surface area contributed by atoms with Crippen molar-refractivity contribution in [3.05, 3.63) is 28.8 Å². The van der Waals surface area contributed by atoms with Gasteiger partial charge in [-0.25, -0.2) is 9.78 Å². The van der Waals surface area contributed by atoms with Crippen molar-refractivity contribution in [3.63, 3.8) is 0 Å². The van der Waals surface area contributed by atoms with E-state index >= 15 is 0 Å². The van der Waals surface area contributed by atoms with Crippen LogP contribution in [0.4, 0.5) is 0 Å². The van der Waals surface area contributed by atoms with Crippen LogP contribution in [0.25, 0.3) is 11.2 Å². The van der Waals surface area contributed by atoms with Crippen molar-refractivity contribution in [2.45, 2.75) is 18.9 Å². The molecule has 1 fully saturated rings. The number of imidazole rings is 1. The standard InChI is InChI=1S/C11H14N4O/c16-11-14-10-9(2-1-5-13-10)15(11)8-3-6-12-7-4-8/h1-2,5,8,12H,3-4,6-7H2,(H,13,14,16)/p+1. The number of pyridine rings is 1. The third-order valence-corrected chi connectivity index (χ3v) is 3.26. The molecule has 5 heteroatoms. The Labute approximate surface area is 92.5 Å². The van der Waals surface area contributed by atoms with Gasteiger partial charge >= 0.3 is 5.69 Å². The Kier molecular flexibility index (Phi) is 2.25. The molecule has 3 N–H and O–H groups in total. The largest absolute Gasteiger partial charge is 0.346 e. The molecule has 1 aliphatic heterocycles. The number of aromatic amines is 1. The smallest absolute Gasteiger partial charge is 0.327 e. The lowest BCUT2D eigenvalue weighted by Gasteiger charge is -2.21. The molecule has 0 spiro atoms. The molecule has 5 nitrogen and oxygen atoms in total. The molecule has 1 saturated heterocycles. The summed E-state index contributed by atoms with van der Waals surface area (Å²) in [5.74, 6) is 0. The number of piperidine rings is 1. The molecule has 16 heavy (non-hydrogen) atoms. The zero-order valence-electron chi connectivity index (χ0n) is 9.02. The first-order chi connectivity index (χ1) is 7.86. The molecular weight excluding hydrogens is 204 g/mol. The fourth-order valence-electron chi connectivity index (χ4n) is 2.49. The minimum atomic E-state index is -0.0272. The fraction of sp³-hybridized carbons (Fsp3) is 0.455. The number of hydrogen-bond donors (Lipinski definition) is 2. The number of rotatable bonds is 1. The van der Waals surface area contributed by atoms with Gasteiger partial charge in [0.1, 0.15) is 0 Å². The third-order valence-electron chi connectivity index (χ3n) is 3.26. The van der Waals surface area contributed by atoms with E-state index in [9.17, 15) is 4.79 Å². The van der Waals surface area contributed by atoms with Crippen LogP contribution < -0.4 is 11.0 Å². The molecule has 84 valence electrons. The van der Waals surface area contributed by atoms with Gasteiger partial charge in [0.15, 0.2) is 5.65 Å². The van der Waals surface area contributed by atoms with E-state index < -0.39 is 0 Å². The number of aromatic nitrogens is 3. The van der Waals surface area contributed by atoms with Crippen molar-refractivity contribution < 1.29 is 5.32 Å². The number of nitrogens with one attached hydrogen (secondary N) is 1. The number of nitrogens with zero attached hydrogens (tertiary/aromatic N) is 2. The molecule has 1 aliphatic rings. The number of hydrogen-bond acceptors (Lipinski definition) is 2. The summed E-state index contributed by atoms with van der Waals surface area (Å²) in [5, 5.41) is 2.30. The summed E-state index contributed by atoms with van der Waals surface area (Å²) < 4.78 is 1.87. The maximum absolute atomic E-state index is 11.9. The SMILES string of the molecule is O=c1[nH]c2ncccc2n1C1CC[NH2+]CC1. The van der Waals surface area contributed by atoms with Gasteiger partial charge in [0.05, 0.1) is 18.6 Å². The third kappa shape index (κ3) is 1.44. The van der Waals surface area contributed by atoms with Crippen LogP contribution >= 0.6 is 0 Å². The summed E-state index contributed by atoms with van der Waals surface area (Å²) in [6, 6.07) is 4.16. The van der Waals surface area contributed by atoms with Gasteiger partial charge in [-0.3, -0.25) is 9.55 Å². The number of H-pyrrole nitrogens is 1. The molecule has 3 rings (SSSR count). The Morgan fingerprint density at radius 1 is 1.44 bits per heavy atom. The second-order valence-electron chi connectivity index (χ2n) is 4.27. The molecule has 3 heterocycles. The Bertz CT molecular complexity index is 550. The average Bonchev–Trinajstić information content (AvgIpc) is 2.66. The lowest BCUT2D eigenvalue weighted by Crippen LogP contribution is -2.86. The van der Waals surface area contributed by atoms with E-state index in [1.165, 1.54) is 0 Å². The van der Waals surface area contributed by atoms with E-state index in [-0.39, 0.29) is 5.69 Å². The molecule has 0 aliphatic carbocycles. The monoisotopic (exact) mass is 219 g/mol. The van der Waals surface area contributed by atoms with Gasteiger partial charge in [-0.05, 0) is 12.1 Å². The fourth-order valence-corrected chi connectivity index (χ4v) is 2.49. The molecule has 2 aromatic rings. The van der Waals surface area contributed by atoms with Crippen LogP contribution in [0.15, 0.2) is 23.1 Å². The van der Waals surface area contributed by atoms with Crippen LogP contribution in [-0.2, 0) is 0 Å². The zero-order valence-corrected chi connectivity index (χ0v) is 9.02. The van der Waals surface area contributed by atoms with Gasteiger partial charge in [-0.1, -0.05) is 0 Å². The number of nitrogens with two attached hydrogens (primary N) is 1. The van der Waals surface area contributed by atoms with Crippen molar-refractivity contribution in [1.29, 1.82) is 0 Å². The molecule has 0 bridgehead atoms. The van der Waals surface area contributed by atoms with Crippen LogP contribution in [0.2, 0.25) is 0 Å². The Morgan fingerprint density at radius 2 is 2.25 bits per heavy atom. The average molecular weight is 219 g/mol. The summed E-state index contributed by atoms with van der Waals surface area (Å²) in [5.41, 5.74) is 1.60. The minimum absolute atomic E-state index is 0.0272. The second-order valence-corrected chi connectivity index (χ2v) is 4.27. The van der Waals surface area contributed by atoms with Gasteiger partial charge < -0.3 is 5.32 Å². The second kappa shape index (κ2) is 3.75. The van der Waals surface area contributed by atoms with Crippen LogP contribution in [0.3, 0.4) is 0 Å². The first-order valence-corrected chi connectivity index (χ1v) is 5.73. The van der Waals surface area contributed by atoms with Crippen LogP contribution in [0.5, 0.6) is 0 Å². The summed E-state index contributed by atoms with van der Waals surface area (Å²) in [6.07, 6.45) is 3.82. The van der Waals surface area contributed by atoms with E-state index in [1.54, 1.807) is 6.20 Å². The first-order valence-electron chi connectivity index (χ1n) is 5.73. The molecule has 0 unspecified atom stereocenters. The van der Waals surface area contributed by atoms with Gasteiger partial charge in [-0.2, -0.15) is 0 Å². The van der Waals surface area contributed by atoms with Crippen molar-refractivity contribution in [3.8, 4) is 0 Å². The Hall–Kier alpha value is -1.62.